The van der Waals surface area contributed by atoms with Crippen molar-refractivity contribution in [3.63, 3.8) is 0 Å². The molecule has 1 aromatic heterocycles. The molecular weight excluding hydrogens is 314 g/mol. The zero-order chi connectivity index (χ0) is 17.1. The van der Waals surface area contributed by atoms with E-state index >= 15 is 0 Å². The Hall–Kier alpha value is -2.24. The third-order valence-corrected chi connectivity index (χ3v) is 6.78. The Balaban J connectivity index is 1.50. The number of hydrogen-bond acceptors (Lipinski definition) is 4. The summed E-state index contributed by atoms with van der Waals surface area (Å²) in [6.45, 7) is 2.13. The molecule has 1 aromatic carbocycles. The summed E-state index contributed by atoms with van der Waals surface area (Å²) in [5, 5.41) is 16.6. The molecule has 6 rings (SSSR count). The van der Waals surface area contributed by atoms with Gasteiger partial charge in [-0.1, -0.05) is 34.9 Å². The number of rotatable bonds is 3. The van der Waals surface area contributed by atoms with Crippen LogP contribution in [-0.4, -0.2) is 26.5 Å². The number of carbonyl (C=O) groups excluding carboxylic acids is 1. The van der Waals surface area contributed by atoms with E-state index in [0.717, 1.165) is 19.3 Å². The highest BCUT2D eigenvalue weighted by atomic mass is 16.2. The quantitative estimate of drug-likeness (QED) is 0.902. The van der Waals surface area contributed by atoms with Crippen LogP contribution in [0.4, 0.5) is 5.95 Å². The molecule has 0 saturated heterocycles. The van der Waals surface area contributed by atoms with Crippen LogP contribution >= 0.6 is 0 Å². The molecule has 1 amide bonds. The Morgan fingerprint density at radius 3 is 2.52 bits per heavy atom. The molecule has 0 unspecified atom stereocenters. The van der Waals surface area contributed by atoms with Crippen molar-refractivity contribution in [2.75, 3.05) is 5.32 Å². The van der Waals surface area contributed by atoms with Gasteiger partial charge in [0.05, 0.1) is 5.41 Å². The number of nitrogens with zero attached hydrogens (tertiary/aromatic N) is 3. The first-order chi connectivity index (χ1) is 12.1. The largest absolute Gasteiger partial charge is 0.291 e. The van der Waals surface area contributed by atoms with Crippen molar-refractivity contribution in [1.82, 2.24) is 20.6 Å². The lowest BCUT2D eigenvalue weighted by atomic mass is 9.42. The molecule has 4 fully saturated rings. The highest BCUT2D eigenvalue weighted by Gasteiger charge is 2.61. The Morgan fingerprint density at radius 2 is 1.88 bits per heavy atom. The molecule has 2 aromatic rings. The lowest BCUT2D eigenvalue weighted by Gasteiger charge is -2.61. The third-order valence-electron chi connectivity index (χ3n) is 6.78. The first-order valence-electron chi connectivity index (χ1n) is 9.19. The van der Waals surface area contributed by atoms with Gasteiger partial charge < -0.3 is 0 Å². The van der Waals surface area contributed by atoms with Crippen LogP contribution in [0.25, 0.3) is 0 Å². The van der Waals surface area contributed by atoms with Crippen molar-refractivity contribution < 1.29 is 4.79 Å². The molecule has 4 aliphatic carbocycles. The monoisotopic (exact) mass is 337 g/mol. The molecule has 4 saturated carbocycles. The lowest BCUT2D eigenvalue weighted by molar-refractivity contribution is -0.143. The van der Waals surface area contributed by atoms with E-state index in [9.17, 15) is 4.79 Å². The van der Waals surface area contributed by atoms with Crippen LogP contribution in [-0.2, 0) is 10.2 Å². The fraction of sp³-hybridized carbons (Fsp3) is 0.579. The van der Waals surface area contributed by atoms with E-state index < -0.39 is 0 Å². The SMILES string of the molecule is Cc1ccc(C23C[C@H]4C[C@@H](CC(C(=O)Nc5nn[nH]n5)(C4)C2)C3)cc1. The number of carbonyl (C=O) groups is 1. The number of H-pyrrole nitrogens is 1. The van der Waals surface area contributed by atoms with E-state index in [-0.39, 0.29) is 22.7 Å². The number of hydrogen-bond donors (Lipinski definition) is 2. The second kappa shape index (κ2) is 5.13. The molecule has 25 heavy (non-hydrogen) atoms. The van der Waals surface area contributed by atoms with E-state index in [1.807, 2.05) is 0 Å². The number of tetrazole rings is 1. The highest BCUT2D eigenvalue weighted by molar-refractivity contribution is 5.94. The predicted molar refractivity (Wildman–Crippen MR) is 92.8 cm³/mol. The summed E-state index contributed by atoms with van der Waals surface area (Å²) >= 11 is 0. The maximum absolute atomic E-state index is 13.2. The molecule has 0 radical (unpaired) electrons. The molecule has 4 aliphatic rings. The average Bonchev–Trinajstić information content (AvgIpc) is 3.07. The molecule has 2 N–H and O–H groups in total. The van der Waals surface area contributed by atoms with E-state index in [2.05, 4.69) is 57.1 Å². The van der Waals surface area contributed by atoms with Gasteiger partial charge in [0.25, 0.3) is 5.95 Å². The lowest BCUT2D eigenvalue weighted by Crippen LogP contribution is -2.58. The van der Waals surface area contributed by atoms with Gasteiger partial charge in [-0.2, -0.15) is 5.21 Å². The molecule has 6 nitrogen and oxygen atoms in total. The minimum Gasteiger partial charge on any atom is -0.291 e. The van der Waals surface area contributed by atoms with E-state index in [1.54, 1.807) is 0 Å². The number of benzene rings is 1. The van der Waals surface area contributed by atoms with Crippen LogP contribution in [0.15, 0.2) is 24.3 Å². The average molecular weight is 337 g/mol. The van der Waals surface area contributed by atoms with Crippen LogP contribution in [0, 0.1) is 24.2 Å². The van der Waals surface area contributed by atoms with E-state index in [1.165, 1.54) is 30.4 Å². The van der Waals surface area contributed by atoms with E-state index in [4.69, 9.17) is 0 Å². The van der Waals surface area contributed by atoms with Crippen molar-refractivity contribution >= 4 is 11.9 Å². The number of aryl methyl sites for hydroxylation is 1. The number of aromatic nitrogens is 4. The minimum atomic E-state index is -0.282. The third kappa shape index (κ3) is 2.30. The van der Waals surface area contributed by atoms with Gasteiger partial charge in [-0.3, -0.25) is 10.1 Å². The van der Waals surface area contributed by atoms with Crippen LogP contribution < -0.4 is 5.32 Å². The van der Waals surface area contributed by atoms with Gasteiger partial charge in [-0.25, -0.2) is 0 Å². The minimum absolute atomic E-state index is 0.0829. The van der Waals surface area contributed by atoms with Gasteiger partial charge in [0.15, 0.2) is 0 Å². The normalized spacial score (nSPS) is 35.7. The number of aromatic amines is 1. The smallest absolute Gasteiger partial charge is 0.269 e. The predicted octanol–water partition coefficient (Wildman–Crippen LogP) is 2.98. The highest BCUT2D eigenvalue weighted by Crippen LogP contribution is 2.65. The van der Waals surface area contributed by atoms with Gasteiger partial charge in [0, 0.05) is 0 Å². The molecule has 6 heteroatoms. The maximum Gasteiger partial charge on any atom is 0.269 e. The fourth-order valence-corrected chi connectivity index (χ4v) is 6.22. The number of nitrogens with one attached hydrogen (secondary N) is 2. The molecule has 0 aliphatic heterocycles. The fourth-order valence-electron chi connectivity index (χ4n) is 6.22. The van der Waals surface area contributed by atoms with Crippen LogP contribution in [0.5, 0.6) is 0 Å². The summed E-state index contributed by atoms with van der Waals surface area (Å²) in [5.74, 6) is 1.67. The summed E-state index contributed by atoms with van der Waals surface area (Å²) in [7, 11) is 0. The second-order valence-corrected chi connectivity index (χ2v) is 8.58. The van der Waals surface area contributed by atoms with Gasteiger partial charge in [-0.05, 0) is 73.5 Å². The number of anilines is 1. The van der Waals surface area contributed by atoms with Crippen molar-refractivity contribution in [1.29, 1.82) is 0 Å². The van der Waals surface area contributed by atoms with Crippen molar-refractivity contribution in [3.05, 3.63) is 35.4 Å². The Morgan fingerprint density at radius 1 is 1.16 bits per heavy atom. The Kier molecular flexibility index (Phi) is 3.09. The van der Waals surface area contributed by atoms with E-state index in [0.29, 0.717) is 11.8 Å². The van der Waals surface area contributed by atoms with Gasteiger partial charge in [-0.15, -0.1) is 5.10 Å². The molecule has 2 atom stereocenters. The summed E-state index contributed by atoms with van der Waals surface area (Å²) in [6.07, 6.45) is 6.68. The molecular formula is C19H23N5O. The Labute approximate surface area is 146 Å². The van der Waals surface area contributed by atoms with Gasteiger partial charge in [0.1, 0.15) is 0 Å². The Bertz CT molecular complexity index is 784. The molecule has 0 spiro atoms. The zero-order valence-electron chi connectivity index (χ0n) is 14.5. The first kappa shape index (κ1) is 15.0. The molecule has 4 bridgehead atoms. The second-order valence-electron chi connectivity index (χ2n) is 8.58. The standard InChI is InChI=1S/C19H23N5O/c1-12-2-4-15(5-3-12)18-7-13-6-14(8-18)10-19(9-13,11-18)16(25)20-17-21-23-24-22-17/h2-5,13-14H,6-11H2,1H3,(H2,20,21,22,23,24,25)/t13-,14-,18?,19?/m1/s1. The van der Waals surface area contributed by atoms with Gasteiger partial charge >= 0.3 is 0 Å². The summed E-state index contributed by atoms with van der Waals surface area (Å²) < 4.78 is 0. The number of amides is 1. The van der Waals surface area contributed by atoms with Crippen LogP contribution in [0.3, 0.4) is 0 Å². The first-order valence-corrected chi connectivity index (χ1v) is 9.19. The van der Waals surface area contributed by atoms with Crippen LogP contribution in [0.2, 0.25) is 0 Å². The molecule has 130 valence electrons. The summed E-state index contributed by atoms with van der Waals surface area (Å²) in [4.78, 5) is 13.2. The molecule has 1 heterocycles. The summed E-state index contributed by atoms with van der Waals surface area (Å²) in [5.41, 5.74) is 2.59. The topological polar surface area (TPSA) is 83.6 Å². The zero-order valence-corrected chi connectivity index (χ0v) is 14.5. The van der Waals surface area contributed by atoms with Gasteiger partial charge in [0.2, 0.25) is 5.91 Å². The maximum atomic E-state index is 13.2. The van der Waals surface area contributed by atoms with Crippen molar-refractivity contribution in [3.8, 4) is 0 Å². The van der Waals surface area contributed by atoms with Crippen molar-refractivity contribution in [2.45, 2.75) is 50.9 Å². The summed E-state index contributed by atoms with van der Waals surface area (Å²) in [6, 6.07) is 8.99. The van der Waals surface area contributed by atoms with Crippen LogP contribution in [0.1, 0.15) is 49.7 Å². The van der Waals surface area contributed by atoms with Crippen molar-refractivity contribution in [2.24, 2.45) is 17.3 Å².